The number of benzene rings is 2. The van der Waals surface area contributed by atoms with Crippen LogP contribution in [0.5, 0.6) is 0 Å². The number of rotatable bonds is 10. The Balaban J connectivity index is 0.000000625. The number of hydrogen-bond acceptors (Lipinski definition) is 5. The Hall–Kier alpha value is -3.14. The van der Waals surface area contributed by atoms with Crippen LogP contribution in [0.4, 0.5) is 35.1 Å². The molecule has 41 heavy (non-hydrogen) atoms. The highest BCUT2D eigenvalue weighted by molar-refractivity contribution is 9.10. The average molecular weight is 664 g/mol. The van der Waals surface area contributed by atoms with Gasteiger partial charge in [0, 0.05) is 7.05 Å². The molecule has 2 aromatic rings. The highest BCUT2D eigenvalue weighted by Gasteiger charge is 2.39. The number of amides is 1. The van der Waals surface area contributed by atoms with Gasteiger partial charge in [0.25, 0.3) is 5.91 Å². The van der Waals surface area contributed by atoms with Gasteiger partial charge in [-0.15, -0.1) is 13.2 Å². The Morgan fingerprint density at radius 3 is 1.66 bits per heavy atom. The van der Waals surface area contributed by atoms with E-state index in [4.69, 9.17) is 0 Å². The van der Waals surface area contributed by atoms with Crippen molar-refractivity contribution in [2.45, 2.75) is 24.6 Å². The summed E-state index contributed by atoms with van der Waals surface area (Å²) in [7, 11) is 2.48. The maximum absolute atomic E-state index is 13.2. The third-order valence-electron chi connectivity index (χ3n) is 4.48. The van der Waals surface area contributed by atoms with Gasteiger partial charge in [-0.3, -0.25) is 14.4 Å². The minimum Gasteiger partial charge on any atom is -0.357 e. The van der Waals surface area contributed by atoms with Crippen molar-refractivity contribution in [1.29, 1.82) is 0 Å². The van der Waals surface area contributed by atoms with Crippen molar-refractivity contribution in [3.05, 3.63) is 95.5 Å². The van der Waals surface area contributed by atoms with Crippen molar-refractivity contribution >= 4 is 27.6 Å². The Bertz CT molecular complexity index is 1110. The smallest absolute Gasteiger partial charge is 0.357 e. The molecule has 0 aromatic heterocycles. The van der Waals surface area contributed by atoms with E-state index in [0.29, 0.717) is 16.6 Å². The summed E-state index contributed by atoms with van der Waals surface area (Å²) in [6.45, 7) is 4.35. The number of Topliss-reactive ketones (excluding diaryl/α,β-unsaturated/α-hetero) is 1. The van der Waals surface area contributed by atoms with Gasteiger partial charge in [0.05, 0.1) is 17.1 Å². The molecule has 0 spiro atoms. The molecular formula is C26H26BrF8NO5. The Labute approximate surface area is 239 Å². The fourth-order valence-corrected chi connectivity index (χ4v) is 2.60. The van der Waals surface area contributed by atoms with Crippen LogP contribution >= 0.6 is 15.9 Å². The largest absolute Gasteiger partial charge is 0.418 e. The van der Waals surface area contributed by atoms with E-state index in [-0.39, 0.29) is 11.4 Å². The second kappa shape index (κ2) is 18.3. The number of halogens is 9. The van der Waals surface area contributed by atoms with E-state index < -0.39 is 55.3 Å². The van der Waals surface area contributed by atoms with Gasteiger partial charge in [0.15, 0.2) is 18.0 Å². The zero-order valence-electron chi connectivity index (χ0n) is 21.6. The number of ketones is 1. The van der Waals surface area contributed by atoms with E-state index in [2.05, 4.69) is 43.4 Å². The van der Waals surface area contributed by atoms with Crippen LogP contribution in [0, 0.1) is 11.6 Å². The Morgan fingerprint density at radius 1 is 0.854 bits per heavy atom. The van der Waals surface area contributed by atoms with Gasteiger partial charge < -0.3 is 9.47 Å². The predicted molar refractivity (Wildman–Crippen MR) is 137 cm³/mol. The summed E-state index contributed by atoms with van der Waals surface area (Å²) < 4.78 is 108. The van der Waals surface area contributed by atoms with Crippen LogP contribution in [0.2, 0.25) is 0 Å². The first kappa shape index (κ1) is 37.9. The number of hydrogen-bond donors (Lipinski definition) is 0. The zero-order chi connectivity index (χ0) is 31.8. The molecule has 1 amide bonds. The first-order valence-corrected chi connectivity index (χ1v) is 11.9. The molecule has 0 N–H and O–H groups in total. The quantitative estimate of drug-likeness (QED) is 0.120. The molecule has 0 radical (unpaired) electrons. The Kier molecular flexibility index (Phi) is 16.9. The van der Waals surface area contributed by atoms with E-state index in [0.717, 1.165) is 11.1 Å². The minimum atomic E-state index is -4.64. The second-order valence-electron chi connectivity index (χ2n) is 7.41. The molecule has 0 aliphatic carbocycles. The lowest BCUT2D eigenvalue weighted by Crippen LogP contribution is -2.35. The van der Waals surface area contributed by atoms with Crippen LogP contribution < -0.4 is 0 Å². The number of carbonyl (C=O) groups excluding carboxylic acids is 2. The summed E-state index contributed by atoms with van der Waals surface area (Å²) in [6.07, 6.45) is -12.5. The Morgan fingerprint density at radius 2 is 1.29 bits per heavy atom. The zero-order valence-corrected chi connectivity index (χ0v) is 23.2. The number of hydroxylamine groups is 2. The molecule has 2 unspecified atom stereocenters. The van der Waals surface area contributed by atoms with E-state index in [1.54, 1.807) is 18.2 Å². The normalized spacial score (nSPS) is 12.5. The lowest BCUT2D eigenvalue weighted by Gasteiger charge is -2.19. The predicted octanol–water partition coefficient (Wildman–Crippen LogP) is 6.87. The van der Waals surface area contributed by atoms with Crippen LogP contribution in [0.15, 0.2) is 78.3 Å². The van der Waals surface area contributed by atoms with Crippen LogP contribution in [0.1, 0.15) is 10.4 Å². The van der Waals surface area contributed by atoms with E-state index in [1.807, 2.05) is 0 Å². The standard InChI is InChI=1S/C12H10F4O2.C8H12F3NO3.C6H4BrF/c1-2-11(12(14,15)16)18-7-10(17)8-5-3-4-6-9(8)13;1-4-6(8(9,10)11)15-5-7(13)12(2)14-3;7-5-3-1-2-4-6(5)8/h2-6,11H,1,7H2;4,6H,1,5H2,2-3H3;1-4H. The molecule has 6 nitrogen and oxygen atoms in total. The van der Waals surface area contributed by atoms with Crippen LogP contribution in [0.3, 0.4) is 0 Å². The molecule has 0 saturated carbocycles. The van der Waals surface area contributed by atoms with Crippen LogP contribution in [-0.4, -0.2) is 68.7 Å². The number of nitrogens with zero attached hydrogens (tertiary/aromatic N) is 1. The van der Waals surface area contributed by atoms with Gasteiger partial charge in [0.2, 0.25) is 0 Å². The molecule has 2 rings (SSSR count). The molecule has 0 aliphatic heterocycles. The third kappa shape index (κ3) is 14.9. The van der Waals surface area contributed by atoms with Gasteiger partial charge >= 0.3 is 12.4 Å². The van der Waals surface area contributed by atoms with Crippen molar-refractivity contribution in [2.24, 2.45) is 0 Å². The summed E-state index contributed by atoms with van der Waals surface area (Å²) in [5.74, 6) is -2.58. The average Bonchev–Trinajstić information content (AvgIpc) is 2.89. The molecule has 228 valence electrons. The SMILES string of the molecule is C=CC(OCC(=O)N(C)OC)C(F)(F)F.C=CC(OCC(=O)c1ccccc1F)C(F)(F)F.Fc1ccccc1Br. The fraction of sp³-hybridized carbons (Fsp3) is 0.308. The molecule has 0 fully saturated rings. The summed E-state index contributed by atoms with van der Waals surface area (Å²) in [5, 5.41) is 0.774. The number of alkyl halides is 6. The van der Waals surface area contributed by atoms with E-state index in [9.17, 15) is 44.7 Å². The molecular weight excluding hydrogens is 638 g/mol. The highest BCUT2D eigenvalue weighted by atomic mass is 79.9. The first-order chi connectivity index (χ1) is 19.0. The van der Waals surface area contributed by atoms with Gasteiger partial charge in [0.1, 0.15) is 24.8 Å². The maximum Gasteiger partial charge on any atom is 0.418 e. The van der Waals surface area contributed by atoms with Gasteiger partial charge in [-0.1, -0.05) is 36.4 Å². The number of ether oxygens (including phenoxy) is 2. The summed E-state index contributed by atoms with van der Waals surface area (Å²) >= 11 is 3.02. The second-order valence-corrected chi connectivity index (χ2v) is 8.26. The van der Waals surface area contributed by atoms with E-state index in [1.165, 1.54) is 38.4 Å². The van der Waals surface area contributed by atoms with Gasteiger partial charge in [-0.25, -0.2) is 13.8 Å². The summed E-state index contributed by atoms with van der Waals surface area (Å²) in [6, 6.07) is 11.5. The summed E-state index contributed by atoms with van der Waals surface area (Å²) in [5.41, 5.74) is -0.303. The molecule has 2 aromatic carbocycles. The van der Waals surface area contributed by atoms with Gasteiger partial charge in [-0.05, 0) is 40.2 Å². The van der Waals surface area contributed by atoms with Crippen molar-refractivity contribution in [1.82, 2.24) is 5.06 Å². The minimum absolute atomic E-state index is 0.215. The molecule has 0 heterocycles. The van der Waals surface area contributed by atoms with Crippen molar-refractivity contribution < 1.29 is 59.0 Å². The van der Waals surface area contributed by atoms with Crippen LogP contribution in [-0.2, 0) is 19.1 Å². The summed E-state index contributed by atoms with van der Waals surface area (Å²) in [4.78, 5) is 26.9. The first-order valence-electron chi connectivity index (χ1n) is 11.1. The van der Waals surface area contributed by atoms with Crippen molar-refractivity contribution in [3.63, 3.8) is 0 Å². The van der Waals surface area contributed by atoms with Gasteiger partial charge in [-0.2, -0.15) is 26.3 Å². The highest BCUT2D eigenvalue weighted by Crippen LogP contribution is 2.24. The fourth-order valence-electron chi connectivity index (χ4n) is 2.32. The number of likely N-dealkylation sites (N-methyl/N-ethyl adjacent to an activating group) is 1. The van der Waals surface area contributed by atoms with Crippen LogP contribution in [0.25, 0.3) is 0 Å². The monoisotopic (exact) mass is 663 g/mol. The third-order valence-corrected chi connectivity index (χ3v) is 5.12. The lowest BCUT2D eigenvalue weighted by atomic mass is 10.1. The molecule has 15 heteroatoms. The topological polar surface area (TPSA) is 65.1 Å². The van der Waals surface area contributed by atoms with Crippen molar-refractivity contribution in [2.75, 3.05) is 27.4 Å². The van der Waals surface area contributed by atoms with Crippen molar-refractivity contribution in [3.8, 4) is 0 Å². The molecule has 2 atom stereocenters. The van der Waals surface area contributed by atoms with E-state index >= 15 is 0 Å². The number of carbonyl (C=O) groups is 2. The molecule has 0 aliphatic rings. The maximum atomic E-state index is 13.2. The molecule has 0 saturated heterocycles. The lowest BCUT2D eigenvalue weighted by molar-refractivity contribution is -0.211. The molecule has 0 bridgehead atoms.